The maximum atomic E-state index is 12.6. The molecular weight excluding hydrogens is 240 g/mol. The third-order valence-corrected chi connectivity index (χ3v) is 4.02. The van der Waals surface area contributed by atoms with Gasteiger partial charge in [0.15, 0.2) is 4.75 Å². The Bertz CT molecular complexity index is 312. The number of hydrogen-bond acceptors (Lipinski definition) is 3. The van der Waals surface area contributed by atoms with Crippen molar-refractivity contribution in [3.8, 4) is 0 Å². The zero-order valence-corrected chi connectivity index (χ0v) is 10.3. The lowest BCUT2D eigenvalue weighted by Gasteiger charge is -2.40. The first kappa shape index (κ1) is 13.5. The molecule has 1 aliphatic rings. The number of rotatable bonds is 4. The smallest absolute Gasteiger partial charge is 0.325 e. The summed E-state index contributed by atoms with van der Waals surface area (Å²) in [6.45, 7) is 3.53. The van der Waals surface area contributed by atoms with E-state index in [-0.39, 0.29) is 6.61 Å². The highest BCUT2D eigenvalue weighted by atomic mass is 32.2. The molecule has 0 N–H and O–H groups in total. The van der Waals surface area contributed by atoms with Gasteiger partial charge in [-0.1, -0.05) is 0 Å². The van der Waals surface area contributed by atoms with E-state index in [9.17, 15) is 17.8 Å². The number of halogens is 2. The fourth-order valence-electron chi connectivity index (χ4n) is 1.29. The Morgan fingerprint density at radius 1 is 1.50 bits per heavy atom. The van der Waals surface area contributed by atoms with Crippen LogP contribution >= 0.6 is 0 Å². The summed E-state index contributed by atoms with van der Waals surface area (Å²) in [5, 5.41) is 0. The predicted molar refractivity (Wildman–Crippen MR) is 55.4 cm³/mol. The fraction of sp³-hybridized carbons (Fsp3) is 0.889. The summed E-state index contributed by atoms with van der Waals surface area (Å²) in [6, 6.07) is 0. The lowest BCUT2D eigenvalue weighted by atomic mass is 10.2. The molecule has 0 aromatic rings. The van der Waals surface area contributed by atoms with Crippen LogP contribution < -0.4 is 0 Å². The zero-order valence-electron chi connectivity index (χ0n) is 9.46. The molecule has 1 unspecified atom stereocenters. The van der Waals surface area contributed by atoms with Gasteiger partial charge in [-0.15, -0.1) is 0 Å². The molecule has 16 heavy (non-hydrogen) atoms. The maximum absolute atomic E-state index is 12.6. The summed E-state index contributed by atoms with van der Waals surface area (Å²) in [7, 11) is -1.79. The van der Waals surface area contributed by atoms with E-state index in [1.54, 1.807) is 6.92 Å². The van der Waals surface area contributed by atoms with Crippen molar-refractivity contribution in [1.29, 1.82) is 0 Å². The zero-order chi connectivity index (χ0) is 12.6. The molecule has 7 heteroatoms. The van der Waals surface area contributed by atoms with E-state index >= 15 is 0 Å². The van der Waals surface area contributed by atoms with Crippen LogP contribution in [0.3, 0.4) is 0 Å². The van der Waals surface area contributed by atoms with Crippen LogP contribution in [0.1, 0.15) is 20.8 Å². The van der Waals surface area contributed by atoms with E-state index in [4.69, 9.17) is 4.74 Å². The molecule has 1 heterocycles. The summed E-state index contributed by atoms with van der Waals surface area (Å²) in [5.74, 6) is -3.43. The Labute approximate surface area is 95.5 Å². The van der Waals surface area contributed by atoms with Crippen molar-refractivity contribution in [1.82, 2.24) is 4.31 Å². The van der Waals surface area contributed by atoms with E-state index in [1.807, 2.05) is 0 Å². The maximum Gasteiger partial charge on any atom is 0.325 e. The molecule has 0 spiro atoms. The second kappa shape index (κ2) is 4.37. The molecule has 0 radical (unpaired) electrons. The van der Waals surface area contributed by atoms with Crippen LogP contribution in [0.25, 0.3) is 0 Å². The van der Waals surface area contributed by atoms with Crippen molar-refractivity contribution in [3.63, 3.8) is 0 Å². The molecule has 0 amide bonds. The van der Waals surface area contributed by atoms with Crippen LogP contribution in [0.4, 0.5) is 8.78 Å². The molecule has 1 aliphatic heterocycles. The van der Waals surface area contributed by atoms with Crippen molar-refractivity contribution in [2.24, 2.45) is 0 Å². The van der Waals surface area contributed by atoms with Gasteiger partial charge >= 0.3 is 5.97 Å². The van der Waals surface area contributed by atoms with Gasteiger partial charge in [0.2, 0.25) is 0 Å². The first-order chi connectivity index (χ1) is 7.20. The van der Waals surface area contributed by atoms with E-state index in [1.165, 1.54) is 13.8 Å². The summed E-state index contributed by atoms with van der Waals surface area (Å²) in [4.78, 5) is 11.5. The molecule has 1 atom stereocenters. The average Bonchev–Trinajstić information content (AvgIpc) is 2.13. The number of esters is 1. The Kier molecular flexibility index (Phi) is 3.69. The molecular formula is C9H15F2NO3S. The minimum atomic E-state index is -2.79. The SMILES string of the molecule is CCOC(=O)C(C)(C)S(=O)N1CC(F)(F)C1. The molecule has 1 rings (SSSR count). The van der Waals surface area contributed by atoms with Crippen molar-refractivity contribution >= 4 is 17.0 Å². The molecule has 0 saturated carbocycles. The molecule has 0 aromatic heterocycles. The monoisotopic (exact) mass is 255 g/mol. The van der Waals surface area contributed by atoms with E-state index in [0.29, 0.717) is 0 Å². The largest absolute Gasteiger partial charge is 0.465 e. The number of carbonyl (C=O) groups is 1. The quantitative estimate of drug-likeness (QED) is 0.702. The van der Waals surface area contributed by atoms with Gasteiger partial charge in [0.1, 0.15) is 11.0 Å². The van der Waals surface area contributed by atoms with Crippen molar-refractivity contribution in [3.05, 3.63) is 0 Å². The van der Waals surface area contributed by atoms with E-state index < -0.39 is 40.7 Å². The van der Waals surface area contributed by atoms with E-state index in [2.05, 4.69) is 0 Å². The van der Waals surface area contributed by atoms with Crippen LogP contribution in [-0.4, -0.2) is 44.8 Å². The highest BCUT2D eigenvalue weighted by Crippen LogP contribution is 2.31. The van der Waals surface area contributed by atoms with E-state index in [0.717, 1.165) is 4.31 Å². The summed E-state index contributed by atoms with van der Waals surface area (Å²) >= 11 is 0. The molecule has 1 fully saturated rings. The number of carbonyl (C=O) groups excluding carboxylic acids is 1. The van der Waals surface area contributed by atoms with Crippen LogP contribution in [0.2, 0.25) is 0 Å². The highest BCUT2D eigenvalue weighted by molar-refractivity contribution is 7.85. The van der Waals surface area contributed by atoms with Crippen LogP contribution in [-0.2, 0) is 20.5 Å². The lowest BCUT2D eigenvalue weighted by Crippen LogP contribution is -2.60. The first-order valence-electron chi connectivity index (χ1n) is 4.92. The van der Waals surface area contributed by atoms with Gasteiger partial charge < -0.3 is 4.74 Å². The Balaban J connectivity index is 2.63. The standard InChI is InChI=1S/C9H15F2NO3S/c1-4-15-7(13)8(2,3)16(14)12-5-9(10,11)6-12/h4-6H2,1-3H3. The highest BCUT2D eigenvalue weighted by Gasteiger charge is 2.51. The lowest BCUT2D eigenvalue weighted by molar-refractivity contribution is -0.145. The Hall–Kier alpha value is -0.560. The van der Waals surface area contributed by atoms with Gasteiger partial charge in [0, 0.05) is 0 Å². The summed E-state index contributed by atoms with van der Waals surface area (Å²) in [5.41, 5.74) is 0. The van der Waals surface area contributed by atoms with Gasteiger partial charge in [-0.3, -0.25) is 4.79 Å². The Morgan fingerprint density at radius 3 is 2.38 bits per heavy atom. The number of hydrogen-bond donors (Lipinski definition) is 0. The number of nitrogens with zero attached hydrogens (tertiary/aromatic N) is 1. The van der Waals surface area contributed by atoms with Gasteiger partial charge in [-0.25, -0.2) is 17.3 Å². The predicted octanol–water partition coefficient (Wildman–Crippen LogP) is 0.943. The van der Waals surface area contributed by atoms with Crippen molar-refractivity contribution in [2.75, 3.05) is 19.7 Å². The molecule has 0 bridgehead atoms. The molecule has 94 valence electrons. The summed E-state index contributed by atoms with van der Waals surface area (Å²) < 4.78 is 41.6. The van der Waals surface area contributed by atoms with Crippen LogP contribution in [0.5, 0.6) is 0 Å². The van der Waals surface area contributed by atoms with Gasteiger partial charge in [-0.05, 0) is 20.8 Å². The minimum absolute atomic E-state index is 0.176. The normalized spacial score (nSPS) is 22.3. The molecule has 0 aliphatic carbocycles. The van der Waals surface area contributed by atoms with Gasteiger partial charge in [0.05, 0.1) is 19.7 Å². The van der Waals surface area contributed by atoms with Crippen LogP contribution in [0, 0.1) is 0 Å². The van der Waals surface area contributed by atoms with Crippen molar-refractivity contribution < 1.29 is 22.5 Å². The Morgan fingerprint density at radius 2 is 2.00 bits per heavy atom. The topological polar surface area (TPSA) is 46.6 Å². The first-order valence-corrected chi connectivity index (χ1v) is 6.03. The van der Waals surface area contributed by atoms with Crippen molar-refractivity contribution in [2.45, 2.75) is 31.4 Å². The fourth-order valence-corrected chi connectivity index (χ4v) is 2.75. The minimum Gasteiger partial charge on any atom is -0.465 e. The third-order valence-electron chi connectivity index (χ3n) is 2.25. The average molecular weight is 255 g/mol. The number of alkyl halides is 2. The van der Waals surface area contributed by atoms with Gasteiger partial charge in [-0.2, -0.15) is 0 Å². The number of ether oxygens (including phenoxy) is 1. The molecule has 4 nitrogen and oxygen atoms in total. The third kappa shape index (κ3) is 2.57. The summed E-state index contributed by atoms with van der Waals surface area (Å²) in [6.07, 6.45) is 0. The second-order valence-electron chi connectivity index (χ2n) is 4.13. The van der Waals surface area contributed by atoms with Gasteiger partial charge in [0.25, 0.3) is 5.92 Å². The second-order valence-corrected chi connectivity index (χ2v) is 6.17. The van der Waals surface area contributed by atoms with Crippen LogP contribution in [0.15, 0.2) is 0 Å². The molecule has 0 aromatic carbocycles. The molecule has 1 saturated heterocycles.